The Morgan fingerprint density at radius 2 is 2.15 bits per heavy atom. The standard InChI is InChI=1S/C15H20N2O3/c1-9(2)14(18)16-8-11-5-6-13-12(7-11)17(4)15(19)10(3)20-13/h5-7,9-10H,8H2,1-4H3,(H,16,18). The molecular formula is C15H20N2O3. The second-order valence-corrected chi connectivity index (χ2v) is 5.33. The maximum Gasteiger partial charge on any atom is 0.267 e. The van der Waals surface area contributed by atoms with E-state index >= 15 is 0 Å². The van der Waals surface area contributed by atoms with Crippen LogP contribution in [-0.2, 0) is 16.1 Å². The molecule has 0 radical (unpaired) electrons. The number of nitrogens with one attached hydrogen (secondary N) is 1. The second kappa shape index (κ2) is 5.53. The molecule has 1 heterocycles. The number of fused-ring (bicyclic) bond motifs is 1. The van der Waals surface area contributed by atoms with Gasteiger partial charge in [0.05, 0.1) is 5.69 Å². The van der Waals surface area contributed by atoms with Crippen molar-refractivity contribution in [1.82, 2.24) is 5.32 Å². The molecule has 5 nitrogen and oxygen atoms in total. The zero-order valence-corrected chi connectivity index (χ0v) is 12.3. The minimum atomic E-state index is -0.459. The van der Waals surface area contributed by atoms with E-state index in [1.54, 1.807) is 18.9 Å². The van der Waals surface area contributed by atoms with Gasteiger partial charge in [0.2, 0.25) is 5.91 Å². The molecule has 20 heavy (non-hydrogen) atoms. The van der Waals surface area contributed by atoms with E-state index in [1.807, 2.05) is 32.0 Å². The smallest absolute Gasteiger partial charge is 0.267 e. The van der Waals surface area contributed by atoms with Crippen LogP contribution in [0.15, 0.2) is 18.2 Å². The van der Waals surface area contributed by atoms with Gasteiger partial charge in [-0.25, -0.2) is 0 Å². The van der Waals surface area contributed by atoms with Crippen LogP contribution < -0.4 is 15.0 Å². The number of benzene rings is 1. The van der Waals surface area contributed by atoms with E-state index in [1.165, 1.54) is 0 Å². The molecule has 1 aromatic rings. The number of hydrogen-bond acceptors (Lipinski definition) is 3. The molecule has 0 saturated carbocycles. The van der Waals surface area contributed by atoms with Crippen molar-refractivity contribution >= 4 is 17.5 Å². The Bertz CT molecular complexity index is 540. The Balaban J connectivity index is 2.16. The summed E-state index contributed by atoms with van der Waals surface area (Å²) in [7, 11) is 1.73. The third kappa shape index (κ3) is 2.76. The third-order valence-corrected chi connectivity index (χ3v) is 3.36. The first kappa shape index (κ1) is 14.4. The molecule has 0 saturated heterocycles. The van der Waals surface area contributed by atoms with Crippen LogP contribution in [0.3, 0.4) is 0 Å². The molecule has 2 amide bonds. The number of hydrogen-bond donors (Lipinski definition) is 1. The summed E-state index contributed by atoms with van der Waals surface area (Å²) < 4.78 is 5.55. The van der Waals surface area contributed by atoms with Crippen molar-refractivity contribution < 1.29 is 14.3 Å². The molecule has 1 atom stereocenters. The van der Waals surface area contributed by atoms with E-state index in [0.29, 0.717) is 12.3 Å². The summed E-state index contributed by atoms with van der Waals surface area (Å²) in [5.74, 6) is 0.595. The summed E-state index contributed by atoms with van der Waals surface area (Å²) in [5.41, 5.74) is 1.68. The fraction of sp³-hybridized carbons (Fsp3) is 0.467. The number of likely N-dealkylation sites (N-methyl/N-ethyl adjacent to an activating group) is 1. The van der Waals surface area contributed by atoms with Gasteiger partial charge in [-0.3, -0.25) is 9.59 Å². The number of ether oxygens (including phenoxy) is 1. The van der Waals surface area contributed by atoms with E-state index in [-0.39, 0.29) is 17.7 Å². The summed E-state index contributed by atoms with van der Waals surface area (Å²) in [6, 6.07) is 5.61. The van der Waals surface area contributed by atoms with Gasteiger partial charge in [-0.1, -0.05) is 19.9 Å². The molecule has 2 rings (SSSR count). The highest BCUT2D eigenvalue weighted by atomic mass is 16.5. The van der Waals surface area contributed by atoms with E-state index in [2.05, 4.69) is 5.32 Å². The quantitative estimate of drug-likeness (QED) is 0.914. The Labute approximate surface area is 118 Å². The number of carbonyl (C=O) groups is 2. The van der Waals surface area contributed by atoms with Crippen LogP contribution in [0.25, 0.3) is 0 Å². The average molecular weight is 276 g/mol. The Kier molecular flexibility index (Phi) is 3.97. The van der Waals surface area contributed by atoms with Gasteiger partial charge < -0.3 is 15.0 Å². The van der Waals surface area contributed by atoms with Crippen LogP contribution in [0.4, 0.5) is 5.69 Å². The lowest BCUT2D eigenvalue weighted by Crippen LogP contribution is -2.42. The van der Waals surface area contributed by atoms with Gasteiger partial charge in [0.1, 0.15) is 5.75 Å². The van der Waals surface area contributed by atoms with Crippen molar-refractivity contribution in [3.05, 3.63) is 23.8 Å². The molecule has 108 valence electrons. The first-order chi connectivity index (χ1) is 9.40. The normalized spacial score (nSPS) is 17.8. The van der Waals surface area contributed by atoms with Crippen LogP contribution in [0, 0.1) is 5.92 Å². The summed E-state index contributed by atoms with van der Waals surface area (Å²) >= 11 is 0. The molecule has 0 aromatic heterocycles. The predicted molar refractivity (Wildman–Crippen MR) is 76.6 cm³/mol. The number of carbonyl (C=O) groups excluding carboxylic acids is 2. The van der Waals surface area contributed by atoms with Crippen molar-refractivity contribution in [3.8, 4) is 5.75 Å². The first-order valence-electron chi connectivity index (χ1n) is 6.75. The van der Waals surface area contributed by atoms with Gasteiger partial charge in [-0.15, -0.1) is 0 Å². The third-order valence-electron chi connectivity index (χ3n) is 3.36. The molecule has 5 heteroatoms. The monoisotopic (exact) mass is 276 g/mol. The number of rotatable bonds is 3. The Morgan fingerprint density at radius 1 is 1.45 bits per heavy atom. The Morgan fingerprint density at radius 3 is 2.80 bits per heavy atom. The summed E-state index contributed by atoms with van der Waals surface area (Å²) in [6.45, 7) is 5.88. The van der Waals surface area contributed by atoms with E-state index in [9.17, 15) is 9.59 Å². The number of nitrogens with zero attached hydrogens (tertiary/aromatic N) is 1. The maximum atomic E-state index is 11.9. The van der Waals surface area contributed by atoms with Gasteiger partial charge in [-0.2, -0.15) is 0 Å². The van der Waals surface area contributed by atoms with E-state index < -0.39 is 6.10 Å². The van der Waals surface area contributed by atoms with Gasteiger partial charge in [-0.05, 0) is 24.6 Å². The van der Waals surface area contributed by atoms with Gasteiger partial charge in [0.25, 0.3) is 5.91 Å². The van der Waals surface area contributed by atoms with E-state index in [0.717, 1.165) is 11.3 Å². The minimum absolute atomic E-state index is 0.0111. The van der Waals surface area contributed by atoms with Crippen LogP contribution in [0.5, 0.6) is 5.75 Å². The predicted octanol–water partition coefficient (Wildman–Crippen LogP) is 1.70. The zero-order chi connectivity index (χ0) is 14.9. The molecule has 1 aromatic carbocycles. The molecule has 1 N–H and O–H groups in total. The summed E-state index contributed by atoms with van der Waals surface area (Å²) in [6.07, 6.45) is -0.459. The topological polar surface area (TPSA) is 58.6 Å². The summed E-state index contributed by atoms with van der Waals surface area (Å²) in [5, 5.41) is 2.86. The molecule has 0 aliphatic carbocycles. The van der Waals surface area contributed by atoms with Crippen LogP contribution in [0.1, 0.15) is 26.3 Å². The fourth-order valence-corrected chi connectivity index (χ4v) is 2.06. The molecule has 0 bridgehead atoms. The number of anilines is 1. The second-order valence-electron chi connectivity index (χ2n) is 5.33. The lowest BCUT2D eigenvalue weighted by atomic mass is 10.1. The van der Waals surface area contributed by atoms with Gasteiger partial charge in [0.15, 0.2) is 6.10 Å². The van der Waals surface area contributed by atoms with E-state index in [4.69, 9.17) is 4.74 Å². The Hall–Kier alpha value is -2.04. The van der Waals surface area contributed by atoms with Crippen LogP contribution in [-0.4, -0.2) is 25.0 Å². The highest BCUT2D eigenvalue weighted by molar-refractivity contribution is 5.99. The molecule has 1 unspecified atom stereocenters. The van der Waals surface area contributed by atoms with Crippen molar-refractivity contribution in [1.29, 1.82) is 0 Å². The van der Waals surface area contributed by atoms with Crippen molar-refractivity contribution in [2.24, 2.45) is 5.92 Å². The average Bonchev–Trinajstić information content (AvgIpc) is 2.42. The van der Waals surface area contributed by atoms with Gasteiger partial charge in [0, 0.05) is 19.5 Å². The SMILES string of the molecule is CC(C)C(=O)NCc1ccc2c(c1)N(C)C(=O)C(C)O2. The highest BCUT2D eigenvalue weighted by Crippen LogP contribution is 2.33. The zero-order valence-electron chi connectivity index (χ0n) is 12.3. The highest BCUT2D eigenvalue weighted by Gasteiger charge is 2.28. The minimum Gasteiger partial charge on any atom is -0.479 e. The molecule has 1 aliphatic heterocycles. The number of amides is 2. The summed E-state index contributed by atoms with van der Waals surface area (Å²) in [4.78, 5) is 25.0. The lowest BCUT2D eigenvalue weighted by Gasteiger charge is -2.30. The van der Waals surface area contributed by atoms with Crippen LogP contribution >= 0.6 is 0 Å². The van der Waals surface area contributed by atoms with Crippen LogP contribution in [0.2, 0.25) is 0 Å². The molecule has 1 aliphatic rings. The van der Waals surface area contributed by atoms with Crippen molar-refractivity contribution in [2.75, 3.05) is 11.9 Å². The maximum absolute atomic E-state index is 11.9. The largest absolute Gasteiger partial charge is 0.479 e. The first-order valence-corrected chi connectivity index (χ1v) is 6.75. The molecule has 0 fully saturated rings. The molecule has 0 spiro atoms. The fourth-order valence-electron chi connectivity index (χ4n) is 2.06. The van der Waals surface area contributed by atoms with Gasteiger partial charge >= 0.3 is 0 Å². The van der Waals surface area contributed by atoms with Crippen molar-refractivity contribution in [2.45, 2.75) is 33.4 Å². The molecular weight excluding hydrogens is 256 g/mol. The lowest BCUT2D eigenvalue weighted by molar-refractivity contribution is -0.125. The van der Waals surface area contributed by atoms with Crippen molar-refractivity contribution in [3.63, 3.8) is 0 Å².